The van der Waals surface area contributed by atoms with Crippen LogP contribution in [-0.4, -0.2) is 38.3 Å². The minimum absolute atomic E-state index is 0.0920. The van der Waals surface area contributed by atoms with Gasteiger partial charge in [0.2, 0.25) is 0 Å². The van der Waals surface area contributed by atoms with Crippen LogP contribution in [-0.2, 0) is 9.84 Å². The molecule has 8 heteroatoms. The fourth-order valence-corrected chi connectivity index (χ4v) is 3.10. The zero-order valence-corrected chi connectivity index (χ0v) is 15.5. The van der Waals surface area contributed by atoms with Crippen LogP contribution in [0.5, 0.6) is 5.75 Å². The first kappa shape index (κ1) is 18.9. The van der Waals surface area contributed by atoms with E-state index in [4.69, 9.17) is 9.84 Å². The largest absolute Gasteiger partial charge is 0.493 e. The van der Waals surface area contributed by atoms with Gasteiger partial charge in [-0.3, -0.25) is 4.79 Å². The molecule has 1 amide bonds. The predicted octanol–water partition coefficient (Wildman–Crippen LogP) is 2.83. The average molecular weight is 389 g/mol. The molecular formula is C19H19NO6S. The van der Waals surface area contributed by atoms with E-state index in [1.165, 1.54) is 25.0 Å². The molecule has 1 fully saturated rings. The van der Waals surface area contributed by atoms with Crippen LogP contribution in [0.3, 0.4) is 0 Å². The van der Waals surface area contributed by atoms with Gasteiger partial charge in [-0.1, -0.05) is 0 Å². The van der Waals surface area contributed by atoms with Crippen molar-refractivity contribution >= 4 is 27.4 Å². The lowest BCUT2D eigenvalue weighted by Gasteiger charge is -2.10. The topological polar surface area (TPSA) is 110 Å². The molecule has 142 valence electrons. The lowest BCUT2D eigenvalue weighted by atomic mass is 10.1. The van der Waals surface area contributed by atoms with Crippen LogP contribution in [0.1, 0.15) is 33.6 Å². The average Bonchev–Trinajstić information content (AvgIpc) is 3.43. The van der Waals surface area contributed by atoms with E-state index in [-0.39, 0.29) is 16.1 Å². The molecular weight excluding hydrogens is 370 g/mol. The normalized spacial score (nSPS) is 13.8. The number of ether oxygens (including phenoxy) is 1. The van der Waals surface area contributed by atoms with E-state index in [0.717, 1.165) is 12.3 Å². The molecule has 0 saturated heterocycles. The highest BCUT2D eigenvalue weighted by atomic mass is 32.2. The van der Waals surface area contributed by atoms with Gasteiger partial charge >= 0.3 is 5.97 Å². The van der Waals surface area contributed by atoms with E-state index in [1.54, 1.807) is 24.3 Å². The fourth-order valence-electron chi connectivity index (χ4n) is 2.41. The van der Waals surface area contributed by atoms with E-state index < -0.39 is 21.7 Å². The maximum absolute atomic E-state index is 12.4. The molecule has 0 spiro atoms. The number of amides is 1. The van der Waals surface area contributed by atoms with Crippen molar-refractivity contribution in [3.8, 4) is 5.75 Å². The minimum Gasteiger partial charge on any atom is -0.493 e. The molecule has 0 radical (unpaired) electrons. The van der Waals surface area contributed by atoms with E-state index in [2.05, 4.69) is 5.32 Å². The number of carboxylic acid groups (broad SMARTS) is 1. The van der Waals surface area contributed by atoms with E-state index >= 15 is 0 Å². The lowest BCUT2D eigenvalue weighted by molar-refractivity contribution is 0.0696. The summed E-state index contributed by atoms with van der Waals surface area (Å²) in [5.74, 6) is -0.469. The Balaban J connectivity index is 1.76. The van der Waals surface area contributed by atoms with Crippen molar-refractivity contribution in [2.24, 2.45) is 5.92 Å². The first-order valence-corrected chi connectivity index (χ1v) is 10.2. The molecule has 27 heavy (non-hydrogen) atoms. The standard InChI is InChI=1S/C19H19NO6S/c1-27(24,25)17-9-14(19(22)23)8-15(10-17)20-18(21)13-4-6-16(7-5-13)26-11-12-2-3-12/h4-10,12H,2-3,11H2,1H3,(H,20,21)(H,22,23). The molecule has 0 heterocycles. The molecule has 1 saturated carbocycles. The maximum Gasteiger partial charge on any atom is 0.335 e. The Morgan fingerprint density at radius 3 is 2.33 bits per heavy atom. The summed E-state index contributed by atoms with van der Waals surface area (Å²) in [4.78, 5) is 23.4. The van der Waals surface area contributed by atoms with Crippen LogP contribution < -0.4 is 10.1 Å². The number of benzene rings is 2. The van der Waals surface area contributed by atoms with Crippen LogP contribution in [0.15, 0.2) is 47.4 Å². The molecule has 2 aromatic rings. The van der Waals surface area contributed by atoms with Gasteiger partial charge in [-0.05, 0) is 61.2 Å². The van der Waals surface area contributed by atoms with Crippen LogP contribution in [0.4, 0.5) is 5.69 Å². The Morgan fingerprint density at radius 2 is 1.78 bits per heavy atom. The summed E-state index contributed by atoms with van der Waals surface area (Å²) in [6.07, 6.45) is 3.34. The molecule has 1 aliphatic carbocycles. The van der Waals surface area contributed by atoms with Gasteiger partial charge in [0.15, 0.2) is 9.84 Å². The van der Waals surface area contributed by atoms with Gasteiger partial charge in [0.1, 0.15) is 5.75 Å². The van der Waals surface area contributed by atoms with Crippen molar-refractivity contribution in [1.29, 1.82) is 0 Å². The zero-order chi connectivity index (χ0) is 19.6. The first-order valence-electron chi connectivity index (χ1n) is 8.35. The van der Waals surface area contributed by atoms with Gasteiger partial charge in [0.25, 0.3) is 5.91 Å². The number of anilines is 1. The number of nitrogens with one attached hydrogen (secondary N) is 1. The Kier molecular flexibility index (Phi) is 5.18. The second-order valence-electron chi connectivity index (χ2n) is 6.56. The van der Waals surface area contributed by atoms with Gasteiger partial charge in [-0.2, -0.15) is 0 Å². The molecule has 0 aliphatic heterocycles. The summed E-state index contributed by atoms with van der Waals surface area (Å²) in [5, 5.41) is 11.7. The predicted molar refractivity (Wildman–Crippen MR) is 99.1 cm³/mol. The van der Waals surface area contributed by atoms with E-state index in [1.807, 2.05) is 0 Å². The summed E-state index contributed by atoms with van der Waals surface area (Å²) >= 11 is 0. The second-order valence-corrected chi connectivity index (χ2v) is 8.57. The third kappa shape index (κ3) is 5.07. The quantitative estimate of drug-likeness (QED) is 0.753. The number of carbonyl (C=O) groups is 2. The van der Waals surface area contributed by atoms with Crippen LogP contribution >= 0.6 is 0 Å². The number of aromatic carboxylic acids is 1. The Bertz CT molecular complexity index is 978. The number of hydrogen-bond acceptors (Lipinski definition) is 5. The highest BCUT2D eigenvalue weighted by molar-refractivity contribution is 7.90. The third-order valence-corrected chi connectivity index (χ3v) is 5.23. The maximum atomic E-state index is 12.4. The third-order valence-electron chi connectivity index (χ3n) is 4.14. The molecule has 2 N–H and O–H groups in total. The molecule has 7 nitrogen and oxygen atoms in total. The van der Waals surface area contributed by atoms with Crippen LogP contribution in [0, 0.1) is 5.92 Å². The smallest absolute Gasteiger partial charge is 0.335 e. The fraction of sp³-hybridized carbons (Fsp3) is 0.263. The van der Waals surface area contributed by atoms with Crippen molar-refractivity contribution in [3.05, 3.63) is 53.6 Å². The van der Waals surface area contributed by atoms with Gasteiger partial charge in [0, 0.05) is 17.5 Å². The monoisotopic (exact) mass is 389 g/mol. The van der Waals surface area contributed by atoms with Crippen molar-refractivity contribution < 1.29 is 27.9 Å². The SMILES string of the molecule is CS(=O)(=O)c1cc(NC(=O)c2ccc(OCC3CC3)cc2)cc(C(=O)O)c1. The van der Waals surface area contributed by atoms with Crippen molar-refractivity contribution in [2.75, 3.05) is 18.2 Å². The highest BCUT2D eigenvalue weighted by Crippen LogP contribution is 2.29. The zero-order valence-electron chi connectivity index (χ0n) is 14.6. The van der Waals surface area contributed by atoms with E-state index in [0.29, 0.717) is 23.8 Å². The van der Waals surface area contributed by atoms with Crippen molar-refractivity contribution in [1.82, 2.24) is 0 Å². The number of hydrogen-bond donors (Lipinski definition) is 2. The summed E-state index contributed by atoms with van der Waals surface area (Å²) in [6.45, 7) is 0.668. The van der Waals surface area contributed by atoms with E-state index in [9.17, 15) is 18.0 Å². The van der Waals surface area contributed by atoms with Crippen LogP contribution in [0.2, 0.25) is 0 Å². The first-order chi connectivity index (χ1) is 12.7. The van der Waals surface area contributed by atoms with Gasteiger partial charge < -0.3 is 15.2 Å². The van der Waals surface area contributed by atoms with Gasteiger partial charge in [-0.25, -0.2) is 13.2 Å². The summed E-state index contributed by atoms with van der Waals surface area (Å²) in [6, 6.07) is 10.1. The lowest BCUT2D eigenvalue weighted by Crippen LogP contribution is -2.13. The Hall–Kier alpha value is -2.87. The molecule has 0 unspecified atom stereocenters. The Labute approximate surface area is 156 Å². The number of sulfone groups is 1. The second kappa shape index (κ2) is 7.40. The molecule has 2 aromatic carbocycles. The molecule has 3 rings (SSSR count). The number of rotatable bonds is 7. The minimum atomic E-state index is -3.63. The molecule has 0 aromatic heterocycles. The van der Waals surface area contributed by atoms with Crippen molar-refractivity contribution in [2.45, 2.75) is 17.7 Å². The summed E-state index contributed by atoms with van der Waals surface area (Å²) in [7, 11) is -3.63. The van der Waals surface area contributed by atoms with Crippen LogP contribution in [0.25, 0.3) is 0 Å². The Morgan fingerprint density at radius 1 is 1.11 bits per heavy atom. The summed E-state index contributed by atoms with van der Waals surface area (Å²) in [5.41, 5.74) is 0.210. The highest BCUT2D eigenvalue weighted by Gasteiger charge is 2.22. The van der Waals surface area contributed by atoms with Gasteiger partial charge in [-0.15, -0.1) is 0 Å². The number of carboxylic acids is 1. The molecule has 0 atom stereocenters. The van der Waals surface area contributed by atoms with Crippen molar-refractivity contribution in [3.63, 3.8) is 0 Å². The summed E-state index contributed by atoms with van der Waals surface area (Å²) < 4.78 is 29.1. The molecule has 0 bridgehead atoms. The van der Waals surface area contributed by atoms with Gasteiger partial charge in [0.05, 0.1) is 17.1 Å². The molecule has 1 aliphatic rings. The number of carbonyl (C=O) groups excluding carboxylic acids is 1.